The van der Waals surface area contributed by atoms with E-state index in [9.17, 15) is 0 Å². The second kappa shape index (κ2) is 6.80. The van der Waals surface area contributed by atoms with Gasteiger partial charge >= 0.3 is 0 Å². The third-order valence-electron chi connectivity index (χ3n) is 3.89. The normalized spacial score (nSPS) is 19.1. The number of benzene rings is 1. The minimum Gasteiger partial charge on any atom is -0.374 e. The summed E-state index contributed by atoms with van der Waals surface area (Å²) in [5, 5.41) is 0. The van der Waals surface area contributed by atoms with E-state index in [-0.39, 0.29) is 6.10 Å². The Kier molecular flexibility index (Phi) is 5.06. The van der Waals surface area contributed by atoms with Gasteiger partial charge < -0.3 is 4.74 Å². The van der Waals surface area contributed by atoms with E-state index in [2.05, 4.69) is 37.3 Å². The van der Waals surface area contributed by atoms with Crippen molar-refractivity contribution in [1.82, 2.24) is 0 Å². The number of hydrogen-bond acceptors (Lipinski definition) is 1. The lowest BCUT2D eigenvalue weighted by atomic mass is 9.87. The molecule has 0 aliphatic heterocycles. The van der Waals surface area contributed by atoms with Crippen LogP contribution in [0.3, 0.4) is 0 Å². The first-order valence-electron chi connectivity index (χ1n) is 7.03. The van der Waals surface area contributed by atoms with Gasteiger partial charge in [0.05, 0.1) is 6.10 Å². The Balaban J connectivity index is 1.67. The van der Waals surface area contributed by atoms with E-state index in [1.807, 2.05) is 0 Å². The van der Waals surface area contributed by atoms with Crippen LogP contribution in [0.25, 0.3) is 0 Å². The molecule has 1 aliphatic rings. The van der Waals surface area contributed by atoms with Crippen LogP contribution in [0, 0.1) is 5.92 Å². The molecule has 0 saturated heterocycles. The molecule has 1 unspecified atom stereocenters. The van der Waals surface area contributed by atoms with Crippen molar-refractivity contribution in [2.75, 3.05) is 6.61 Å². The molecule has 0 aromatic heterocycles. The highest BCUT2D eigenvalue weighted by Crippen LogP contribution is 2.27. The lowest BCUT2D eigenvalue weighted by Gasteiger charge is -2.22. The maximum Gasteiger partial charge on any atom is 0.0796 e. The fourth-order valence-electron chi connectivity index (χ4n) is 2.71. The molecule has 1 fully saturated rings. The molecule has 1 aromatic rings. The summed E-state index contributed by atoms with van der Waals surface area (Å²) in [5.74, 6) is 0.923. The maximum atomic E-state index is 5.93. The summed E-state index contributed by atoms with van der Waals surface area (Å²) in [5.41, 5.74) is 1.29. The van der Waals surface area contributed by atoms with E-state index in [1.165, 1.54) is 44.1 Å². The maximum absolute atomic E-state index is 5.93. The predicted octanol–water partition coefficient (Wildman–Crippen LogP) is 4.73. The van der Waals surface area contributed by atoms with Gasteiger partial charge in [-0.15, -0.1) is 0 Å². The summed E-state index contributed by atoms with van der Waals surface area (Å²) in [6, 6.07) is 10.5. The summed E-state index contributed by atoms with van der Waals surface area (Å²) < 4.78 is 5.93. The first-order chi connectivity index (χ1) is 8.36. The van der Waals surface area contributed by atoms with Crippen LogP contribution in [-0.2, 0) is 4.74 Å². The molecule has 1 heteroatoms. The first-order valence-corrected chi connectivity index (χ1v) is 7.03. The van der Waals surface area contributed by atoms with E-state index in [4.69, 9.17) is 4.74 Å². The third-order valence-corrected chi connectivity index (χ3v) is 3.89. The van der Waals surface area contributed by atoms with Crippen LogP contribution < -0.4 is 0 Å². The van der Waals surface area contributed by atoms with Gasteiger partial charge in [0.1, 0.15) is 0 Å². The molecule has 1 atom stereocenters. The third kappa shape index (κ3) is 4.16. The van der Waals surface area contributed by atoms with Crippen LogP contribution in [0.15, 0.2) is 30.3 Å². The Morgan fingerprint density at radius 1 is 1.12 bits per heavy atom. The van der Waals surface area contributed by atoms with Crippen LogP contribution in [-0.4, -0.2) is 6.61 Å². The van der Waals surface area contributed by atoms with E-state index >= 15 is 0 Å². The highest BCUT2D eigenvalue weighted by Gasteiger charge is 2.13. The molecule has 1 aromatic carbocycles. The Labute approximate surface area is 105 Å². The summed E-state index contributed by atoms with van der Waals surface area (Å²) in [6.45, 7) is 3.07. The Morgan fingerprint density at radius 2 is 1.82 bits per heavy atom. The quantitative estimate of drug-likeness (QED) is 0.713. The van der Waals surface area contributed by atoms with Gasteiger partial charge in [-0.25, -0.2) is 0 Å². The standard InChI is InChI=1S/C16H24O/c1-14(16-10-6-3-7-11-16)17-13-12-15-8-4-2-5-9-15/h3,6-7,10-11,14-15H,2,4-5,8-9,12-13H2,1H3. The lowest BCUT2D eigenvalue weighted by Crippen LogP contribution is -2.10. The van der Waals surface area contributed by atoms with E-state index < -0.39 is 0 Å². The first kappa shape index (κ1) is 12.6. The summed E-state index contributed by atoms with van der Waals surface area (Å²) in [7, 11) is 0. The monoisotopic (exact) mass is 232 g/mol. The van der Waals surface area contributed by atoms with Crippen LogP contribution >= 0.6 is 0 Å². The van der Waals surface area contributed by atoms with Gasteiger partial charge in [0, 0.05) is 6.61 Å². The van der Waals surface area contributed by atoms with Crippen molar-refractivity contribution >= 4 is 0 Å². The molecule has 1 aliphatic carbocycles. The second-order valence-electron chi connectivity index (χ2n) is 5.22. The molecule has 0 spiro atoms. The predicted molar refractivity (Wildman–Crippen MR) is 72.0 cm³/mol. The zero-order valence-corrected chi connectivity index (χ0v) is 10.9. The summed E-state index contributed by atoms with van der Waals surface area (Å²) in [4.78, 5) is 0. The zero-order chi connectivity index (χ0) is 11.9. The van der Waals surface area contributed by atoms with Gasteiger partial charge in [-0.1, -0.05) is 62.4 Å². The average Bonchev–Trinajstić information content (AvgIpc) is 2.41. The van der Waals surface area contributed by atoms with E-state index in [0.717, 1.165) is 12.5 Å². The van der Waals surface area contributed by atoms with Gasteiger partial charge in [0.2, 0.25) is 0 Å². The number of ether oxygens (including phenoxy) is 1. The Bertz CT molecular complexity index is 301. The van der Waals surface area contributed by atoms with Gasteiger partial charge in [-0.2, -0.15) is 0 Å². The second-order valence-corrected chi connectivity index (χ2v) is 5.22. The Hall–Kier alpha value is -0.820. The topological polar surface area (TPSA) is 9.23 Å². The highest BCUT2D eigenvalue weighted by molar-refractivity contribution is 5.16. The van der Waals surface area contributed by atoms with Crippen molar-refractivity contribution in [3.8, 4) is 0 Å². The van der Waals surface area contributed by atoms with Crippen molar-refractivity contribution in [3.05, 3.63) is 35.9 Å². The molecule has 1 nitrogen and oxygen atoms in total. The molecule has 0 amide bonds. The van der Waals surface area contributed by atoms with Crippen LogP contribution in [0.5, 0.6) is 0 Å². The molecule has 0 N–H and O–H groups in total. The number of hydrogen-bond donors (Lipinski definition) is 0. The van der Waals surface area contributed by atoms with Gasteiger partial charge in [0.15, 0.2) is 0 Å². The molecular formula is C16H24O. The molecule has 17 heavy (non-hydrogen) atoms. The van der Waals surface area contributed by atoms with Gasteiger partial charge in [0.25, 0.3) is 0 Å². The SMILES string of the molecule is CC(OCCC1CCCCC1)c1ccccc1. The van der Waals surface area contributed by atoms with Gasteiger partial charge in [-0.3, -0.25) is 0 Å². The molecule has 2 rings (SSSR count). The van der Waals surface area contributed by atoms with Crippen molar-refractivity contribution < 1.29 is 4.74 Å². The lowest BCUT2D eigenvalue weighted by molar-refractivity contribution is 0.0527. The summed E-state index contributed by atoms with van der Waals surface area (Å²) in [6.07, 6.45) is 8.62. The van der Waals surface area contributed by atoms with Crippen LogP contribution in [0.1, 0.15) is 57.1 Å². The smallest absolute Gasteiger partial charge is 0.0796 e. The molecule has 0 radical (unpaired) electrons. The highest BCUT2D eigenvalue weighted by atomic mass is 16.5. The van der Waals surface area contributed by atoms with Crippen molar-refractivity contribution in [1.29, 1.82) is 0 Å². The molecule has 0 bridgehead atoms. The zero-order valence-electron chi connectivity index (χ0n) is 10.9. The molecule has 94 valence electrons. The minimum absolute atomic E-state index is 0.236. The Morgan fingerprint density at radius 3 is 2.53 bits per heavy atom. The average molecular weight is 232 g/mol. The van der Waals surface area contributed by atoms with E-state index in [1.54, 1.807) is 0 Å². The van der Waals surface area contributed by atoms with E-state index in [0.29, 0.717) is 0 Å². The van der Waals surface area contributed by atoms with Crippen LogP contribution in [0.2, 0.25) is 0 Å². The largest absolute Gasteiger partial charge is 0.374 e. The minimum atomic E-state index is 0.236. The molecule has 1 saturated carbocycles. The fourth-order valence-corrected chi connectivity index (χ4v) is 2.71. The van der Waals surface area contributed by atoms with Crippen molar-refractivity contribution in [3.63, 3.8) is 0 Å². The van der Waals surface area contributed by atoms with Crippen molar-refractivity contribution in [2.45, 2.75) is 51.6 Å². The van der Waals surface area contributed by atoms with Crippen molar-refractivity contribution in [2.24, 2.45) is 5.92 Å². The molecule has 0 heterocycles. The van der Waals surface area contributed by atoms with Crippen LogP contribution in [0.4, 0.5) is 0 Å². The summed E-state index contributed by atoms with van der Waals surface area (Å²) >= 11 is 0. The molecular weight excluding hydrogens is 208 g/mol. The number of rotatable bonds is 5. The van der Waals surface area contributed by atoms with Gasteiger partial charge in [-0.05, 0) is 24.8 Å². The fraction of sp³-hybridized carbons (Fsp3) is 0.625.